The highest BCUT2D eigenvalue weighted by Gasteiger charge is 2.20. The Kier molecular flexibility index (Phi) is 7.99. The van der Waals surface area contributed by atoms with Crippen LogP contribution in [0, 0.1) is 34.3 Å². The number of carbonyl (C=O) groups is 1. The molecule has 0 fully saturated rings. The molecule has 3 aromatic rings. The van der Waals surface area contributed by atoms with Gasteiger partial charge in [-0.2, -0.15) is 10.5 Å². The maximum absolute atomic E-state index is 14.6. The Hall–Kier alpha value is -3.47. The number of hydrogen-bond donors (Lipinski definition) is 0. The SMILES string of the molecule is N#CCCN(CCC#N)C(=O)CSc1nc2ccc(Cl)cc2c(=O)n1-c1ccc(F)cc1F. The minimum absolute atomic E-state index is 0.0224. The van der Waals surface area contributed by atoms with E-state index in [0.29, 0.717) is 11.6 Å². The number of carbonyl (C=O) groups excluding carboxylic acids is 1. The number of thioether (sulfide) groups is 1. The first-order valence-corrected chi connectivity index (χ1v) is 11.0. The Labute approximate surface area is 196 Å². The molecule has 0 atom stereocenters. The lowest BCUT2D eigenvalue weighted by Gasteiger charge is -2.20. The molecule has 3 rings (SSSR count). The van der Waals surface area contributed by atoms with Gasteiger partial charge in [-0.25, -0.2) is 13.8 Å². The molecule has 0 aliphatic heterocycles. The minimum Gasteiger partial charge on any atom is -0.340 e. The molecule has 0 bridgehead atoms. The fourth-order valence-corrected chi connectivity index (χ4v) is 4.14. The fourth-order valence-electron chi connectivity index (χ4n) is 3.06. The number of nitrogens with zero attached hydrogens (tertiary/aromatic N) is 5. The highest BCUT2D eigenvalue weighted by atomic mass is 35.5. The maximum Gasteiger partial charge on any atom is 0.266 e. The average Bonchev–Trinajstić information content (AvgIpc) is 2.79. The number of amides is 1. The third-order valence-corrected chi connectivity index (χ3v) is 5.77. The van der Waals surface area contributed by atoms with Gasteiger partial charge in [-0.15, -0.1) is 0 Å². The molecule has 0 saturated heterocycles. The van der Waals surface area contributed by atoms with E-state index >= 15 is 0 Å². The number of benzene rings is 2. The molecular weight excluding hydrogens is 472 g/mol. The minimum atomic E-state index is -0.974. The average molecular weight is 488 g/mol. The van der Waals surface area contributed by atoms with Gasteiger partial charge < -0.3 is 4.90 Å². The van der Waals surface area contributed by atoms with Gasteiger partial charge in [0.2, 0.25) is 5.91 Å². The van der Waals surface area contributed by atoms with Crippen molar-refractivity contribution in [1.82, 2.24) is 14.5 Å². The smallest absolute Gasteiger partial charge is 0.266 e. The summed E-state index contributed by atoms with van der Waals surface area (Å²) in [6.45, 7) is 0.307. The van der Waals surface area contributed by atoms with Crippen LogP contribution in [0.3, 0.4) is 0 Å². The number of halogens is 3. The number of hydrogen-bond acceptors (Lipinski definition) is 6. The summed E-state index contributed by atoms with van der Waals surface area (Å²) in [5, 5.41) is 18.1. The molecule has 0 aliphatic carbocycles. The van der Waals surface area contributed by atoms with E-state index in [2.05, 4.69) is 4.98 Å². The summed E-state index contributed by atoms with van der Waals surface area (Å²) in [5.41, 5.74) is -0.561. The van der Waals surface area contributed by atoms with Crippen molar-refractivity contribution < 1.29 is 13.6 Å². The monoisotopic (exact) mass is 487 g/mol. The molecule has 1 aromatic heterocycles. The summed E-state index contributed by atoms with van der Waals surface area (Å²) in [6, 6.07) is 11.2. The first-order chi connectivity index (χ1) is 15.8. The van der Waals surface area contributed by atoms with E-state index in [1.807, 2.05) is 12.1 Å². The molecule has 168 valence electrons. The molecule has 1 heterocycles. The van der Waals surface area contributed by atoms with Crippen LogP contribution in [0.25, 0.3) is 16.6 Å². The zero-order chi connectivity index (χ0) is 24.0. The molecule has 0 unspecified atom stereocenters. The molecule has 1 amide bonds. The van der Waals surface area contributed by atoms with Crippen molar-refractivity contribution in [3.8, 4) is 17.8 Å². The summed E-state index contributed by atoms with van der Waals surface area (Å²) >= 11 is 6.89. The van der Waals surface area contributed by atoms with Gasteiger partial charge in [-0.3, -0.25) is 14.2 Å². The van der Waals surface area contributed by atoms with Crippen molar-refractivity contribution >= 4 is 40.2 Å². The third kappa shape index (κ3) is 5.67. The largest absolute Gasteiger partial charge is 0.340 e. The highest BCUT2D eigenvalue weighted by molar-refractivity contribution is 7.99. The van der Waals surface area contributed by atoms with Crippen LogP contribution in [0.2, 0.25) is 5.02 Å². The van der Waals surface area contributed by atoms with Crippen LogP contribution in [0.4, 0.5) is 8.78 Å². The Morgan fingerprint density at radius 2 is 1.82 bits per heavy atom. The van der Waals surface area contributed by atoms with Gasteiger partial charge in [-0.1, -0.05) is 23.4 Å². The molecule has 2 aromatic carbocycles. The molecule has 0 radical (unpaired) electrons. The maximum atomic E-state index is 14.6. The van der Waals surface area contributed by atoms with E-state index in [4.69, 9.17) is 22.1 Å². The summed E-state index contributed by atoms with van der Waals surface area (Å²) in [6.07, 6.45) is 0.199. The van der Waals surface area contributed by atoms with Crippen LogP contribution in [-0.2, 0) is 4.79 Å². The zero-order valence-electron chi connectivity index (χ0n) is 17.1. The zero-order valence-corrected chi connectivity index (χ0v) is 18.7. The topological polar surface area (TPSA) is 103 Å². The Bertz CT molecular complexity index is 1330. The molecular formula is C22H16ClF2N5O2S. The lowest BCUT2D eigenvalue weighted by atomic mass is 10.2. The molecule has 0 spiro atoms. The number of aromatic nitrogens is 2. The standard InChI is InChI=1S/C22H16ClF2N5O2S/c23-14-3-5-18-16(11-14)21(32)30(19-6-4-15(24)12-17(19)25)22(28-18)33-13-20(31)29(9-1-7-26)10-2-8-27/h3-6,11-12H,1-2,9-10,13H2. The predicted molar refractivity (Wildman–Crippen MR) is 120 cm³/mol. The Balaban J connectivity index is 2.03. The molecule has 0 aliphatic rings. The number of rotatable bonds is 8. The van der Waals surface area contributed by atoms with Gasteiger partial charge in [0.15, 0.2) is 5.16 Å². The normalized spacial score (nSPS) is 10.6. The lowest BCUT2D eigenvalue weighted by Crippen LogP contribution is -2.34. The first-order valence-electron chi connectivity index (χ1n) is 9.68. The first kappa shape index (κ1) is 24.2. The van der Waals surface area contributed by atoms with Crippen molar-refractivity contribution in [2.45, 2.75) is 18.0 Å². The summed E-state index contributed by atoms with van der Waals surface area (Å²) < 4.78 is 29.0. The van der Waals surface area contributed by atoms with Gasteiger partial charge in [0.05, 0.1) is 47.3 Å². The second-order valence-corrected chi connectivity index (χ2v) is 8.16. The van der Waals surface area contributed by atoms with Crippen molar-refractivity contribution in [3.05, 3.63) is 63.4 Å². The second-order valence-electron chi connectivity index (χ2n) is 6.78. The van der Waals surface area contributed by atoms with E-state index in [1.165, 1.54) is 17.0 Å². The second kappa shape index (κ2) is 10.9. The van der Waals surface area contributed by atoms with Crippen LogP contribution in [0.5, 0.6) is 0 Å². The highest BCUT2D eigenvalue weighted by Crippen LogP contribution is 2.25. The third-order valence-electron chi connectivity index (χ3n) is 4.61. The van der Waals surface area contributed by atoms with Crippen LogP contribution in [-0.4, -0.2) is 39.2 Å². The molecule has 0 N–H and O–H groups in total. The van der Waals surface area contributed by atoms with E-state index in [1.54, 1.807) is 6.07 Å². The van der Waals surface area contributed by atoms with E-state index in [-0.39, 0.29) is 58.8 Å². The number of fused-ring (bicyclic) bond motifs is 1. The Morgan fingerprint density at radius 3 is 2.45 bits per heavy atom. The van der Waals surface area contributed by atoms with E-state index in [0.717, 1.165) is 28.5 Å². The van der Waals surface area contributed by atoms with Crippen LogP contribution >= 0.6 is 23.4 Å². The Morgan fingerprint density at radius 1 is 1.12 bits per heavy atom. The van der Waals surface area contributed by atoms with E-state index < -0.39 is 17.2 Å². The molecule has 0 saturated carbocycles. The predicted octanol–water partition coefficient (Wildman–Crippen LogP) is 4.07. The molecule has 7 nitrogen and oxygen atoms in total. The summed E-state index contributed by atoms with van der Waals surface area (Å²) in [7, 11) is 0. The van der Waals surface area contributed by atoms with Crippen LogP contribution in [0.15, 0.2) is 46.3 Å². The quantitative estimate of drug-likeness (QED) is 0.350. The van der Waals surface area contributed by atoms with Gasteiger partial charge in [0.25, 0.3) is 5.56 Å². The van der Waals surface area contributed by atoms with Gasteiger partial charge in [0, 0.05) is 24.2 Å². The van der Waals surface area contributed by atoms with Crippen LogP contribution in [0.1, 0.15) is 12.8 Å². The molecule has 11 heteroatoms. The van der Waals surface area contributed by atoms with Gasteiger partial charge in [0.1, 0.15) is 11.6 Å². The number of nitriles is 2. The van der Waals surface area contributed by atoms with Crippen molar-refractivity contribution in [2.75, 3.05) is 18.8 Å². The fraction of sp³-hybridized carbons (Fsp3) is 0.227. The van der Waals surface area contributed by atoms with Crippen LogP contribution < -0.4 is 5.56 Å². The van der Waals surface area contributed by atoms with Crippen molar-refractivity contribution in [1.29, 1.82) is 10.5 Å². The van der Waals surface area contributed by atoms with Gasteiger partial charge >= 0.3 is 0 Å². The summed E-state index contributed by atoms with van der Waals surface area (Å²) in [5.74, 6) is -2.33. The molecule has 33 heavy (non-hydrogen) atoms. The van der Waals surface area contributed by atoms with Gasteiger partial charge in [-0.05, 0) is 30.3 Å². The summed E-state index contributed by atoms with van der Waals surface area (Å²) in [4.78, 5) is 31.7. The van der Waals surface area contributed by atoms with Crippen molar-refractivity contribution in [3.63, 3.8) is 0 Å². The lowest BCUT2D eigenvalue weighted by molar-refractivity contribution is -0.128. The van der Waals surface area contributed by atoms with E-state index in [9.17, 15) is 18.4 Å². The van der Waals surface area contributed by atoms with Crippen molar-refractivity contribution in [2.24, 2.45) is 0 Å².